The first kappa shape index (κ1) is 14.3. The second kappa shape index (κ2) is 5.87. The van der Waals surface area contributed by atoms with E-state index in [4.69, 9.17) is 18.0 Å². The van der Waals surface area contributed by atoms with Crippen LogP contribution in [0.2, 0.25) is 0 Å². The minimum absolute atomic E-state index is 0.0227. The van der Waals surface area contributed by atoms with Crippen LogP contribution in [-0.2, 0) is 4.79 Å². The highest BCUT2D eigenvalue weighted by atomic mass is 32.1. The van der Waals surface area contributed by atoms with Crippen molar-refractivity contribution < 1.29 is 9.59 Å². The summed E-state index contributed by atoms with van der Waals surface area (Å²) in [4.78, 5) is 27.0. The van der Waals surface area contributed by atoms with E-state index in [-0.39, 0.29) is 23.5 Å². The fourth-order valence-electron chi connectivity index (χ4n) is 2.02. The Balaban J connectivity index is 2.02. The van der Waals surface area contributed by atoms with E-state index in [2.05, 4.69) is 5.32 Å². The third kappa shape index (κ3) is 3.05. The largest absolute Gasteiger partial charge is 0.389 e. The van der Waals surface area contributed by atoms with Crippen molar-refractivity contribution in [2.75, 3.05) is 32.0 Å². The molecule has 0 aliphatic carbocycles. The van der Waals surface area contributed by atoms with Crippen LogP contribution in [-0.4, -0.2) is 53.4 Å². The van der Waals surface area contributed by atoms with Crippen LogP contribution in [0.25, 0.3) is 0 Å². The summed E-state index contributed by atoms with van der Waals surface area (Å²) in [5.41, 5.74) is 6.78. The molecule has 1 aliphatic rings. The Morgan fingerprint density at radius 2 is 2.10 bits per heavy atom. The lowest BCUT2D eigenvalue weighted by molar-refractivity contribution is -0.116. The van der Waals surface area contributed by atoms with Crippen molar-refractivity contribution in [2.45, 2.75) is 0 Å². The maximum atomic E-state index is 12.0. The molecule has 0 atom stereocenters. The van der Waals surface area contributed by atoms with Crippen LogP contribution in [0.5, 0.6) is 0 Å². The van der Waals surface area contributed by atoms with E-state index in [0.29, 0.717) is 24.3 Å². The quantitative estimate of drug-likeness (QED) is 0.798. The zero-order chi connectivity index (χ0) is 14.7. The summed E-state index contributed by atoms with van der Waals surface area (Å²) in [5.74, 6) is -0.266. The van der Waals surface area contributed by atoms with Gasteiger partial charge < -0.3 is 20.9 Å². The van der Waals surface area contributed by atoms with Crippen LogP contribution < -0.4 is 11.1 Å². The molecule has 3 amide bonds. The Morgan fingerprint density at radius 1 is 1.40 bits per heavy atom. The summed E-state index contributed by atoms with van der Waals surface area (Å²) in [6, 6.07) is 6.91. The van der Waals surface area contributed by atoms with Crippen LogP contribution >= 0.6 is 12.2 Å². The van der Waals surface area contributed by atoms with Gasteiger partial charge in [-0.1, -0.05) is 24.4 Å². The first-order valence-corrected chi connectivity index (χ1v) is 6.58. The number of hydrogen-bond donors (Lipinski definition) is 2. The predicted octanol–water partition coefficient (Wildman–Crippen LogP) is 0.627. The summed E-state index contributed by atoms with van der Waals surface area (Å²) < 4.78 is 0. The third-order valence-corrected chi connectivity index (χ3v) is 3.32. The van der Waals surface area contributed by atoms with Crippen LogP contribution in [0.4, 0.5) is 10.5 Å². The summed E-state index contributed by atoms with van der Waals surface area (Å²) in [6.45, 7) is 1.21. The lowest BCUT2D eigenvalue weighted by Crippen LogP contribution is -2.36. The second-order valence-corrected chi connectivity index (χ2v) is 5.02. The number of thiocarbonyl (C=S) groups is 1. The lowest BCUT2D eigenvalue weighted by atomic mass is 10.2. The van der Waals surface area contributed by atoms with E-state index in [1.165, 1.54) is 4.90 Å². The summed E-state index contributed by atoms with van der Waals surface area (Å²) >= 11 is 4.94. The highest BCUT2D eigenvalue weighted by Crippen LogP contribution is 2.15. The minimum Gasteiger partial charge on any atom is -0.389 e. The number of amides is 3. The van der Waals surface area contributed by atoms with Gasteiger partial charge in [0.1, 0.15) is 11.5 Å². The standard InChI is InChI=1S/C13H16N4O2S/c1-16-6-7-17(13(16)19)8-11(18)15-10-5-3-2-4-9(10)12(14)20/h2-5H,6-8H2,1H3,(H2,14,20)(H,15,18). The van der Waals surface area contributed by atoms with Crippen molar-refractivity contribution in [1.82, 2.24) is 9.80 Å². The Hall–Kier alpha value is -2.15. The number of para-hydroxylation sites is 1. The average molecular weight is 292 g/mol. The van der Waals surface area contributed by atoms with Gasteiger partial charge >= 0.3 is 6.03 Å². The van der Waals surface area contributed by atoms with Crippen molar-refractivity contribution >= 4 is 34.8 Å². The molecule has 0 bridgehead atoms. The van der Waals surface area contributed by atoms with Gasteiger partial charge in [-0.25, -0.2) is 4.79 Å². The highest BCUT2D eigenvalue weighted by Gasteiger charge is 2.26. The zero-order valence-corrected chi connectivity index (χ0v) is 11.9. The molecule has 20 heavy (non-hydrogen) atoms. The molecule has 1 fully saturated rings. The predicted molar refractivity (Wildman–Crippen MR) is 80.6 cm³/mol. The van der Waals surface area contributed by atoms with E-state index in [1.807, 2.05) is 0 Å². The molecule has 2 rings (SSSR count). The van der Waals surface area contributed by atoms with Gasteiger partial charge in [0.2, 0.25) is 5.91 Å². The molecule has 1 heterocycles. The Kier molecular flexibility index (Phi) is 4.19. The molecule has 1 aliphatic heterocycles. The molecular formula is C13H16N4O2S. The number of hydrogen-bond acceptors (Lipinski definition) is 3. The van der Waals surface area contributed by atoms with E-state index in [1.54, 1.807) is 36.2 Å². The topological polar surface area (TPSA) is 78.7 Å². The number of nitrogens with two attached hydrogens (primary N) is 1. The SMILES string of the molecule is CN1CCN(CC(=O)Nc2ccccc2C(N)=S)C1=O. The van der Waals surface area contributed by atoms with Crippen molar-refractivity contribution in [3.8, 4) is 0 Å². The Morgan fingerprint density at radius 3 is 2.70 bits per heavy atom. The normalized spacial score (nSPS) is 14.6. The van der Waals surface area contributed by atoms with Gasteiger partial charge in [-0.15, -0.1) is 0 Å². The third-order valence-electron chi connectivity index (χ3n) is 3.10. The molecule has 1 aromatic rings. The Labute approximate surface area is 122 Å². The number of urea groups is 1. The lowest BCUT2D eigenvalue weighted by Gasteiger charge is -2.16. The van der Waals surface area contributed by atoms with Crippen LogP contribution in [0.15, 0.2) is 24.3 Å². The second-order valence-electron chi connectivity index (χ2n) is 4.58. The first-order chi connectivity index (χ1) is 9.49. The average Bonchev–Trinajstić information content (AvgIpc) is 2.71. The van der Waals surface area contributed by atoms with Crippen LogP contribution in [0.1, 0.15) is 5.56 Å². The number of benzene rings is 1. The molecule has 1 aromatic carbocycles. The number of nitrogens with one attached hydrogen (secondary N) is 1. The number of likely N-dealkylation sites (N-methyl/N-ethyl adjacent to an activating group) is 1. The molecule has 1 saturated heterocycles. The van der Waals surface area contributed by atoms with Gasteiger partial charge in [0.25, 0.3) is 0 Å². The maximum Gasteiger partial charge on any atom is 0.320 e. The molecule has 106 valence electrons. The van der Waals surface area contributed by atoms with Crippen molar-refractivity contribution in [3.63, 3.8) is 0 Å². The number of carbonyl (C=O) groups is 2. The van der Waals surface area contributed by atoms with E-state index in [9.17, 15) is 9.59 Å². The van der Waals surface area contributed by atoms with Gasteiger partial charge in [0, 0.05) is 25.7 Å². The summed E-state index contributed by atoms with van der Waals surface area (Å²) in [5, 5.41) is 2.74. The monoisotopic (exact) mass is 292 g/mol. The molecule has 0 radical (unpaired) electrons. The number of nitrogens with zero attached hydrogens (tertiary/aromatic N) is 2. The Bertz CT molecular complexity index is 561. The molecule has 6 nitrogen and oxygen atoms in total. The minimum atomic E-state index is -0.266. The summed E-state index contributed by atoms with van der Waals surface area (Å²) in [7, 11) is 1.71. The smallest absolute Gasteiger partial charge is 0.320 e. The highest BCUT2D eigenvalue weighted by molar-refractivity contribution is 7.80. The van der Waals surface area contributed by atoms with Gasteiger partial charge in [-0.3, -0.25) is 4.79 Å². The molecule has 0 aromatic heterocycles. The van der Waals surface area contributed by atoms with Gasteiger partial charge in [-0.2, -0.15) is 0 Å². The number of carbonyl (C=O) groups excluding carboxylic acids is 2. The fourth-order valence-corrected chi connectivity index (χ4v) is 2.20. The van der Waals surface area contributed by atoms with E-state index >= 15 is 0 Å². The molecule has 3 N–H and O–H groups in total. The van der Waals surface area contributed by atoms with Crippen molar-refractivity contribution in [3.05, 3.63) is 29.8 Å². The van der Waals surface area contributed by atoms with Crippen molar-refractivity contribution in [2.24, 2.45) is 5.73 Å². The molecular weight excluding hydrogens is 276 g/mol. The molecule has 0 spiro atoms. The number of rotatable bonds is 4. The fraction of sp³-hybridized carbons (Fsp3) is 0.308. The molecule has 0 unspecified atom stereocenters. The number of anilines is 1. The van der Waals surface area contributed by atoms with Gasteiger partial charge in [0.15, 0.2) is 0 Å². The molecule has 0 saturated carbocycles. The first-order valence-electron chi connectivity index (χ1n) is 6.18. The van der Waals surface area contributed by atoms with E-state index < -0.39 is 0 Å². The van der Waals surface area contributed by atoms with Crippen molar-refractivity contribution in [1.29, 1.82) is 0 Å². The zero-order valence-electron chi connectivity index (χ0n) is 11.1. The van der Waals surface area contributed by atoms with Gasteiger partial charge in [0.05, 0.1) is 5.69 Å². The van der Waals surface area contributed by atoms with Crippen LogP contribution in [0.3, 0.4) is 0 Å². The van der Waals surface area contributed by atoms with Crippen LogP contribution in [0, 0.1) is 0 Å². The van der Waals surface area contributed by atoms with E-state index in [0.717, 1.165) is 0 Å². The summed E-state index contributed by atoms with van der Waals surface area (Å²) in [6.07, 6.45) is 0. The molecule has 7 heteroatoms. The van der Waals surface area contributed by atoms with Gasteiger partial charge in [-0.05, 0) is 12.1 Å². The maximum absolute atomic E-state index is 12.0.